The van der Waals surface area contributed by atoms with Crippen molar-refractivity contribution in [2.24, 2.45) is 0 Å². The highest BCUT2D eigenvalue weighted by molar-refractivity contribution is 6.42. The Balaban J connectivity index is 1.20. The van der Waals surface area contributed by atoms with Gasteiger partial charge >= 0.3 is 6.09 Å². The lowest BCUT2D eigenvalue weighted by Crippen LogP contribution is -2.53. The van der Waals surface area contributed by atoms with Crippen molar-refractivity contribution in [2.75, 3.05) is 26.7 Å². The lowest BCUT2D eigenvalue weighted by atomic mass is 9.79. The van der Waals surface area contributed by atoms with Crippen LogP contribution >= 0.6 is 23.2 Å². The molecule has 0 bridgehead atoms. The number of amides is 2. The van der Waals surface area contributed by atoms with Crippen LogP contribution in [0.2, 0.25) is 10.0 Å². The molecule has 1 saturated heterocycles. The van der Waals surface area contributed by atoms with Crippen molar-refractivity contribution in [2.45, 2.75) is 56.6 Å². The maximum Gasteiger partial charge on any atom is 0.412 e. The molecule has 1 unspecified atom stereocenters. The highest BCUT2D eigenvalue weighted by atomic mass is 35.5. The van der Waals surface area contributed by atoms with Crippen LogP contribution in [-0.4, -0.2) is 49.2 Å². The SMILES string of the molecule is COc1ccc(CNC(=O)C(CCCN2CCC3(CC2)OC(=O)NC2=C3C=C(F)CC2)c2ccc(Cl)c(Cl)c2)cc1. The summed E-state index contributed by atoms with van der Waals surface area (Å²) < 4.78 is 25.1. The molecule has 2 N–H and O–H groups in total. The van der Waals surface area contributed by atoms with Gasteiger partial charge in [0, 0.05) is 50.2 Å². The molecule has 2 aromatic rings. The molecule has 3 aliphatic rings. The lowest BCUT2D eigenvalue weighted by molar-refractivity contribution is -0.122. The summed E-state index contributed by atoms with van der Waals surface area (Å²) in [6.45, 7) is 2.60. The largest absolute Gasteiger partial charge is 0.497 e. The molecular formula is C31H34Cl2FN3O4. The molecular weight excluding hydrogens is 568 g/mol. The first-order valence-electron chi connectivity index (χ1n) is 13.9. The second kappa shape index (κ2) is 12.8. The minimum absolute atomic E-state index is 0.0796. The third-order valence-electron chi connectivity index (χ3n) is 8.19. The van der Waals surface area contributed by atoms with Crippen LogP contribution in [-0.2, 0) is 16.1 Å². The van der Waals surface area contributed by atoms with Gasteiger partial charge in [-0.1, -0.05) is 41.4 Å². The number of fused-ring (bicyclic) bond motifs is 1. The molecule has 1 aliphatic carbocycles. The zero-order valence-corrected chi connectivity index (χ0v) is 24.5. The van der Waals surface area contributed by atoms with Gasteiger partial charge in [0.2, 0.25) is 5.91 Å². The van der Waals surface area contributed by atoms with Gasteiger partial charge in [0.1, 0.15) is 17.2 Å². The number of rotatable bonds is 9. The molecule has 2 heterocycles. The molecule has 2 aliphatic heterocycles. The van der Waals surface area contributed by atoms with Crippen molar-refractivity contribution in [3.63, 3.8) is 0 Å². The summed E-state index contributed by atoms with van der Waals surface area (Å²) in [4.78, 5) is 28.0. The summed E-state index contributed by atoms with van der Waals surface area (Å²) in [6, 6.07) is 12.9. The first kappa shape index (κ1) is 29.4. The lowest BCUT2D eigenvalue weighted by Gasteiger charge is -2.45. The normalized spacial score (nSPS) is 19.1. The summed E-state index contributed by atoms with van der Waals surface area (Å²) in [5.41, 5.74) is 2.56. The molecule has 5 rings (SSSR count). The zero-order valence-electron chi connectivity index (χ0n) is 23.0. The Morgan fingerprint density at radius 1 is 1.15 bits per heavy atom. The van der Waals surface area contributed by atoms with Gasteiger partial charge in [-0.3, -0.25) is 10.1 Å². The number of piperidine rings is 1. The van der Waals surface area contributed by atoms with Crippen molar-refractivity contribution in [3.05, 3.63) is 86.8 Å². The maximum atomic E-state index is 14.1. The minimum atomic E-state index is -0.782. The van der Waals surface area contributed by atoms with E-state index in [4.69, 9.17) is 32.7 Å². The van der Waals surface area contributed by atoms with Crippen LogP contribution in [0.15, 0.2) is 65.6 Å². The van der Waals surface area contributed by atoms with Crippen molar-refractivity contribution in [1.82, 2.24) is 15.5 Å². The molecule has 1 fully saturated rings. The highest BCUT2D eigenvalue weighted by Gasteiger charge is 2.46. The zero-order chi connectivity index (χ0) is 29.0. The average molecular weight is 603 g/mol. The Morgan fingerprint density at radius 3 is 2.61 bits per heavy atom. The Morgan fingerprint density at radius 2 is 1.90 bits per heavy atom. The summed E-state index contributed by atoms with van der Waals surface area (Å²) in [7, 11) is 1.62. The third-order valence-corrected chi connectivity index (χ3v) is 8.93. The van der Waals surface area contributed by atoms with Gasteiger partial charge in [-0.15, -0.1) is 0 Å². The van der Waals surface area contributed by atoms with E-state index in [-0.39, 0.29) is 11.7 Å². The topological polar surface area (TPSA) is 79.9 Å². The van der Waals surface area contributed by atoms with E-state index in [0.29, 0.717) is 61.8 Å². The molecule has 1 atom stereocenters. The molecule has 41 heavy (non-hydrogen) atoms. The molecule has 7 nitrogen and oxygen atoms in total. The Kier molecular flexibility index (Phi) is 9.22. The molecule has 1 spiro atoms. The predicted molar refractivity (Wildman–Crippen MR) is 157 cm³/mol. The molecule has 218 valence electrons. The summed E-state index contributed by atoms with van der Waals surface area (Å²) >= 11 is 12.4. The van der Waals surface area contributed by atoms with E-state index < -0.39 is 17.6 Å². The van der Waals surface area contributed by atoms with E-state index >= 15 is 0 Å². The van der Waals surface area contributed by atoms with Crippen molar-refractivity contribution < 1.29 is 23.5 Å². The van der Waals surface area contributed by atoms with Gasteiger partial charge in [0.15, 0.2) is 0 Å². The number of allylic oxidation sites excluding steroid dienone is 2. The number of alkyl carbamates (subject to hydrolysis) is 1. The predicted octanol–water partition coefficient (Wildman–Crippen LogP) is 6.66. The van der Waals surface area contributed by atoms with Crippen LogP contribution in [0.4, 0.5) is 9.18 Å². The van der Waals surface area contributed by atoms with E-state index in [9.17, 15) is 14.0 Å². The van der Waals surface area contributed by atoms with Crippen LogP contribution in [0, 0.1) is 0 Å². The van der Waals surface area contributed by atoms with Crippen LogP contribution in [0.3, 0.4) is 0 Å². The number of hydrogen-bond donors (Lipinski definition) is 2. The van der Waals surface area contributed by atoms with Gasteiger partial charge in [0.05, 0.1) is 23.1 Å². The van der Waals surface area contributed by atoms with E-state index in [1.165, 1.54) is 0 Å². The number of carbonyl (C=O) groups is 2. The summed E-state index contributed by atoms with van der Waals surface area (Å²) in [6.07, 6.45) is 4.46. The van der Waals surface area contributed by atoms with Gasteiger partial charge in [-0.05, 0) is 67.3 Å². The molecule has 0 saturated carbocycles. The van der Waals surface area contributed by atoms with Crippen molar-refractivity contribution in [3.8, 4) is 5.75 Å². The van der Waals surface area contributed by atoms with Crippen LogP contribution in [0.1, 0.15) is 55.6 Å². The van der Waals surface area contributed by atoms with Crippen LogP contribution in [0.5, 0.6) is 5.75 Å². The first-order chi connectivity index (χ1) is 19.8. The van der Waals surface area contributed by atoms with Crippen molar-refractivity contribution in [1.29, 1.82) is 0 Å². The number of hydrogen-bond acceptors (Lipinski definition) is 5. The van der Waals surface area contributed by atoms with Gasteiger partial charge in [-0.25, -0.2) is 9.18 Å². The first-order valence-corrected chi connectivity index (χ1v) is 14.7. The van der Waals surface area contributed by atoms with E-state index in [1.54, 1.807) is 25.3 Å². The monoisotopic (exact) mass is 601 g/mol. The van der Waals surface area contributed by atoms with Gasteiger partial charge < -0.3 is 19.7 Å². The third kappa shape index (κ3) is 6.88. The van der Waals surface area contributed by atoms with Crippen molar-refractivity contribution >= 4 is 35.2 Å². The summed E-state index contributed by atoms with van der Waals surface area (Å²) in [5.74, 6) is 0.107. The summed E-state index contributed by atoms with van der Waals surface area (Å²) in [5, 5.41) is 6.68. The fourth-order valence-corrected chi connectivity index (χ4v) is 6.18. The Hall–Kier alpha value is -3.07. The van der Waals surface area contributed by atoms with Crippen LogP contribution in [0.25, 0.3) is 0 Å². The molecule has 2 aromatic carbocycles. The second-order valence-corrected chi connectivity index (χ2v) is 11.6. The molecule has 2 amide bonds. The average Bonchev–Trinajstić information content (AvgIpc) is 2.97. The fourth-order valence-electron chi connectivity index (χ4n) is 5.87. The van der Waals surface area contributed by atoms with E-state index in [0.717, 1.165) is 41.1 Å². The number of methoxy groups -OCH3 is 1. The number of nitrogens with zero attached hydrogens (tertiary/aromatic N) is 1. The van der Waals surface area contributed by atoms with E-state index in [2.05, 4.69) is 15.5 Å². The number of ether oxygens (including phenoxy) is 2. The fraction of sp³-hybridized carbons (Fsp3) is 0.419. The Labute approximate surface area is 249 Å². The highest BCUT2D eigenvalue weighted by Crippen LogP contribution is 2.42. The second-order valence-electron chi connectivity index (χ2n) is 10.8. The molecule has 0 radical (unpaired) electrons. The van der Waals surface area contributed by atoms with Gasteiger partial charge in [0.25, 0.3) is 0 Å². The van der Waals surface area contributed by atoms with Gasteiger partial charge in [-0.2, -0.15) is 0 Å². The molecule has 0 aromatic heterocycles. The minimum Gasteiger partial charge on any atom is -0.497 e. The molecule has 10 heteroatoms. The standard InChI is InChI=1S/C31H34Cl2FN3O4/c1-40-23-8-4-20(5-9-23)19-35-29(38)24(21-6-10-26(32)27(33)17-21)3-2-14-37-15-12-31(13-16-37)25-18-22(34)7-11-28(25)36-30(39)41-31/h4-6,8-10,17-18,24H,2-3,7,11-16,19H2,1H3,(H,35,38)(H,36,39). The number of likely N-dealkylation sites (tertiary alicyclic amines) is 1. The Bertz CT molecular complexity index is 1350. The van der Waals surface area contributed by atoms with Crippen LogP contribution < -0.4 is 15.4 Å². The van der Waals surface area contributed by atoms with E-state index in [1.807, 2.05) is 30.3 Å². The number of carbonyl (C=O) groups excluding carboxylic acids is 2. The smallest absolute Gasteiger partial charge is 0.412 e. The number of nitrogens with one attached hydrogen (secondary N) is 2. The number of benzene rings is 2. The maximum absolute atomic E-state index is 14.1. The number of halogens is 3. The quantitative estimate of drug-likeness (QED) is 0.336.